The van der Waals surface area contributed by atoms with Gasteiger partial charge in [-0.05, 0) is 85.2 Å². The van der Waals surface area contributed by atoms with Crippen molar-refractivity contribution >= 4 is 96.5 Å². The molecular formula is C70H40N6OS. The van der Waals surface area contributed by atoms with Crippen molar-refractivity contribution in [2.75, 3.05) is 0 Å². The fourth-order valence-corrected chi connectivity index (χ4v) is 12.6. The SMILES string of the molecule is c1ccc(-c2nc(-c3ccc(-c4cccc5cc(-c6nc(-c7cccc8ccccc78)nc(-c7cccc8ccc9sc%10ccccc%10c9c78)n6)ccc45)cc3)nc(-c3cccc4cc5c(cc34)oc3ccccc35)n2)cc1. The van der Waals surface area contributed by atoms with Gasteiger partial charge < -0.3 is 4.42 Å². The van der Waals surface area contributed by atoms with E-state index in [4.69, 9.17) is 34.3 Å². The summed E-state index contributed by atoms with van der Waals surface area (Å²) in [6.07, 6.45) is 0. The van der Waals surface area contributed by atoms with Crippen LogP contribution in [0.3, 0.4) is 0 Å². The molecule has 4 aromatic heterocycles. The van der Waals surface area contributed by atoms with E-state index in [9.17, 15) is 0 Å². The third-order valence-electron chi connectivity index (χ3n) is 15.2. The second kappa shape index (κ2) is 17.7. The van der Waals surface area contributed by atoms with Crippen LogP contribution in [0, 0.1) is 0 Å². The van der Waals surface area contributed by atoms with Crippen molar-refractivity contribution in [1.82, 2.24) is 29.9 Å². The normalized spacial score (nSPS) is 11.8. The molecule has 0 amide bonds. The summed E-state index contributed by atoms with van der Waals surface area (Å²) in [5, 5.41) is 13.4. The molecule has 0 saturated heterocycles. The number of rotatable bonds is 7. The topological polar surface area (TPSA) is 90.5 Å². The average Bonchev–Trinajstić information content (AvgIpc) is 4.12. The Morgan fingerprint density at radius 1 is 0.244 bits per heavy atom. The van der Waals surface area contributed by atoms with Gasteiger partial charge in [-0.25, -0.2) is 29.9 Å². The summed E-state index contributed by atoms with van der Waals surface area (Å²) in [7, 11) is 0. The Labute approximate surface area is 450 Å². The fourth-order valence-electron chi connectivity index (χ4n) is 11.5. The van der Waals surface area contributed by atoms with E-state index >= 15 is 0 Å². The Kier molecular flexibility index (Phi) is 9.98. The van der Waals surface area contributed by atoms with E-state index in [0.29, 0.717) is 34.9 Å². The third-order valence-corrected chi connectivity index (χ3v) is 16.3. The summed E-state index contributed by atoms with van der Waals surface area (Å²) in [5.41, 5.74) is 9.40. The first kappa shape index (κ1) is 44.1. The molecule has 0 saturated carbocycles. The van der Waals surface area contributed by atoms with E-state index in [1.165, 1.54) is 20.2 Å². The zero-order valence-corrected chi connectivity index (χ0v) is 42.4. The molecule has 0 aliphatic carbocycles. The Morgan fingerprint density at radius 2 is 0.769 bits per heavy atom. The Hall–Kier alpha value is -10.3. The van der Waals surface area contributed by atoms with Crippen LogP contribution in [0.25, 0.3) is 165 Å². The van der Waals surface area contributed by atoms with Gasteiger partial charge in [0.15, 0.2) is 34.9 Å². The maximum absolute atomic E-state index is 6.36. The lowest BCUT2D eigenvalue weighted by molar-refractivity contribution is 0.669. The fraction of sp³-hybridized carbons (Fsp3) is 0. The lowest BCUT2D eigenvalue weighted by Crippen LogP contribution is -2.01. The molecule has 12 aromatic carbocycles. The van der Waals surface area contributed by atoms with Crippen molar-refractivity contribution in [2.45, 2.75) is 0 Å². The molecule has 4 heterocycles. The van der Waals surface area contributed by atoms with Crippen LogP contribution in [0.15, 0.2) is 247 Å². The standard InChI is InChI=1S/C70H40N6OS/c1-2-15-44(16-3-1)65-71-66(73-69(72-65)54-26-13-20-47-39-58-52-22-6-8-28-59(52)77-60(58)40-57(47)54)45-32-30-42(31-33-45)49-24-12-19-46-38-48(34-36-51(46)49)67-74-68(53-25-10-17-41-14-4-5-21-50(41)53)76-70(75-67)56-27-11-18-43-35-37-62-64(63(43)56)55-23-7-9-29-61(55)78-62/h1-40H. The third kappa shape index (κ3) is 7.26. The van der Waals surface area contributed by atoms with Crippen LogP contribution in [-0.4, -0.2) is 29.9 Å². The van der Waals surface area contributed by atoms with Crippen molar-refractivity contribution in [2.24, 2.45) is 0 Å². The van der Waals surface area contributed by atoms with Gasteiger partial charge >= 0.3 is 0 Å². The highest BCUT2D eigenvalue weighted by molar-refractivity contribution is 7.26. The molecule has 8 heteroatoms. The molecule has 362 valence electrons. The Balaban J connectivity index is 0.800. The van der Waals surface area contributed by atoms with Crippen LogP contribution in [0.2, 0.25) is 0 Å². The zero-order valence-electron chi connectivity index (χ0n) is 41.6. The molecule has 0 aliphatic heterocycles. The number of hydrogen-bond acceptors (Lipinski definition) is 8. The van der Waals surface area contributed by atoms with Gasteiger partial charge in [-0.2, -0.15) is 0 Å². The van der Waals surface area contributed by atoms with Crippen LogP contribution in [0.5, 0.6) is 0 Å². The maximum atomic E-state index is 6.36. The largest absolute Gasteiger partial charge is 0.456 e. The first-order valence-electron chi connectivity index (χ1n) is 26.0. The highest BCUT2D eigenvalue weighted by Crippen LogP contribution is 2.43. The molecule has 0 bridgehead atoms. The van der Waals surface area contributed by atoms with E-state index in [-0.39, 0.29) is 0 Å². The molecular weight excluding hydrogens is 973 g/mol. The van der Waals surface area contributed by atoms with Crippen molar-refractivity contribution in [3.05, 3.63) is 243 Å². The summed E-state index contributed by atoms with van der Waals surface area (Å²) >= 11 is 1.82. The average molecular weight is 1010 g/mol. The number of furan rings is 1. The van der Waals surface area contributed by atoms with Gasteiger partial charge in [0.05, 0.1) is 0 Å². The van der Waals surface area contributed by atoms with Crippen molar-refractivity contribution in [3.8, 4) is 79.5 Å². The van der Waals surface area contributed by atoms with Gasteiger partial charge in [-0.1, -0.05) is 206 Å². The van der Waals surface area contributed by atoms with Gasteiger partial charge in [0.1, 0.15) is 11.2 Å². The Morgan fingerprint density at radius 3 is 1.56 bits per heavy atom. The molecule has 0 unspecified atom stereocenters. The number of aromatic nitrogens is 6. The first-order valence-corrected chi connectivity index (χ1v) is 26.8. The highest BCUT2D eigenvalue weighted by Gasteiger charge is 2.21. The van der Waals surface area contributed by atoms with Crippen molar-refractivity contribution in [3.63, 3.8) is 0 Å². The van der Waals surface area contributed by atoms with E-state index in [1.54, 1.807) is 0 Å². The second-order valence-corrected chi connectivity index (χ2v) is 20.8. The molecule has 78 heavy (non-hydrogen) atoms. The lowest BCUT2D eigenvalue weighted by atomic mass is 9.96. The second-order valence-electron chi connectivity index (χ2n) is 19.7. The lowest BCUT2D eigenvalue weighted by Gasteiger charge is -2.13. The molecule has 0 radical (unpaired) electrons. The predicted octanol–water partition coefficient (Wildman–Crippen LogP) is 18.6. The molecule has 0 atom stereocenters. The number of hydrogen-bond donors (Lipinski definition) is 0. The predicted molar refractivity (Wildman–Crippen MR) is 321 cm³/mol. The highest BCUT2D eigenvalue weighted by atomic mass is 32.1. The molecule has 16 aromatic rings. The van der Waals surface area contributed by atoms with Gasteiger partial charge in [0, 0.05) is 69.7 Å². The molecule has 0 spiro atoms. The van der Waals surface area contributed by atoms with Gasteiger partial charge in [-0.3, -0.25) is 0 Å². The number of thiophene rings is 1. The molecule has 16 rings (SSSR count). The first-order chi connectivity index (χ1) is 38.6. The van der Waals surface area contributed by atoms with Crippen LogP contribution in [-0.2, 0) is 0 Å². The molecule has 0 fully saturated rings. The summed E-state index contributed by atoms with van der Waals surface area (Å²) in [6.45, 7) is 0. The monoisotopic (exact) mass is 1010 g/mol. The zero-order chi connectivity index (χ0) is 51.3. The van der Waals surface area contributed by atoms with E-state index in [0.717, 1.165) is 110 Å². The van der Waals surface area contributed by atoms with E-state index < -0.39 is 0 Å². The van der Waals surface area contributed by atoms with Gasteiger partial charge in [0.25, 0.3) is 0 Å². The summed E-state index contributed by atoms with van der Waals surface area (Å²) in [5.74, 6) is 3.65. The summed E-state index contributed by atoms with van der Waals surface area (Å²) < 4.78 is 8.85. The molecule has 0 N–H and O–H groups in total. The number of para-hydroxylation sites is 1. The van der Waals surface area contributed by atoms with E-state index in [1.807, 2.05) is 59.9 Å². The van der Waals surface area contributed by atoms with Crippen LogP contribution < -0.4 is 0 Å². The van der Waals surface area contributed by atoms with Crippen molar-refractivity contribution in [1.29, 1.82) is 0 Å². The smallest absolute Gasteiger partial charge is 0.164 e. The van der Waals surface area contributed by atoms with Crippen LogP contribution >= 0.6 is 11.3 Å². The van der Waals surface area contributed by atoms with Crippen LogP contribution in [0.1, 0.15) is 0 Å². The quantitative estimate of drug-likeness (QED) is 0.157. The Bertz CT molecular complexity index is 5100. The number of nitrogens with zero attached hydrogens (tertiary/aromatic N) is 6. The number of benzene rings is 12. The summed E-state index contributed by atoms with van der Waals surface area (Å²) in [4.78, 5) is 31.4. The van der Waals surface area contributed by atoms with Crippen molar-refractivity contribution < 1.29 is 4.42 Å². The number of fused-ring (bicyclic) bond motifs is 11. The minimum Gasteiger partial charge on any atom is -0.456 e. The van der Waals surface area contributed by atoms with Crippen LogP contribution in [0.4, 0.5) is 0 Å². The van der Waals surface area contributed by atoms with E-state index in [2.05, 4.69) is 194 Å². The van der Waals surface area contributed by atoms with Gasteiger partial charge in [-0.15, -0.1) is 11.3 Å². The maximum Gasteiger partial charge on any atom is 0.164 e. The summed E-state index contributed by atoms with van der Waals surface area (Å²) in [6, 6.07) is 84.8. The minimum absolute atomic E-state index is 0.589. The van der Waals surface area contributed by atoms with Gasteiger partial charge in [0.2, 0.25) is 0 Å². The molecule has 0 aliphatic rings. The molecule has 7 nitrogen and oxygen atoms in total. The minimum atomic E-state index is 0.589.